The van der Waals surface area contributed by atoms with Crippen LogP contribution in [-0.2, 0) is 18.0 Å². The topological polar surface area (TPSA) is 217 Å². The molecule has 19 heteroatoms. The second-order valence-electron chi connectivity index (χ2n) is 9.84. The van der Waals surface area contributed by atoms with E-state index in [1.54, 1.807) is 36.4 Å². The lowest BCUT2D eigenvalue weighted by atomic mass is 9.95. The summed E-state index contributed by atoms with van der Waals surface area (Å²) >= 11 is 6.38. The van der Waals surface area contributed by atoms with Crippen LogP contribution in [0.25, 0.3) is 21.7 Å². The third-order valence-corrected chi connectivity index (χ3v) is 10.1. The van der Waals surface area contributed by atoms with Crippen LogP contribution in [0.3, 0.4) is 0 Å². The Kier molecular flexibility index (Phi) is 9.80. The molecule has 16 nitrogen and oxygen atoms in total. The Balaban J connectivity index is 1.55. The molecule has 3 atom stereocenters. The van der Waals surface area contributed by atoms with Crippen LogP contribution in [0.1, 0.15) is 22.0 Å². The molecule has 3 aromatic carbocycles. The molecule has 1 aromatic heterocycles. The summed E-state index contributed by atoms with van der Waals surface area (Å²) in [5.41, 5.74) is 1.76. The molecule has 46 heavy (non-hydrogen) atoms. The van der Waals surface area contributed by atoms with Gasteiger partial charge in [-0.3, -0.25) is 14.2 Å². The molecule has 5 N–H and O–H groups in total. The normalized spacial score (nSPS) is 17.2. The van der Waals surface area contributed by atoms with Crippen LogP contribution < -0.4 is 29.5 Å². The standard InChI is InChI=1S/C27H30ClN5O11P2/c1-39-22-11-15-10-19(31-24(15)26(41-3)25(22)40-2)27(34)33-14-16(13-28)23-18-7-5-4-6-17(18)21(12-20(23)33)43-46(37,38)44-45(35,36)42-9-8-30-32-29/h4-7,10-12,16,31H,8-9,13-14H2,1-3H3,(H2,29,30)(H,35,36)(H,37,38)/t16-/m1/s1. The van der Waals surface area contributed by atoms with Gasteiger partial charge in [-0.25, -0.2) is 9.13 Å². The maximum atomic E-state index is 14.1. The van der Waals surface area contributed by atoms with Crippen LogP contribution in [0.15, 0.2) is 52.8 Å². The number of amides is 1. The number of halogens is 1. The minimum atomic E-state index is -5.28. The molecule has 0 bridgehead atoms. The summed E-state index contributed by atoms with van der Waals surface area (Å²) in [5.74, 6) is 5.16. The number of benzene rings is 3. The Labute approximate surface area is 267 Å². The maximum absolute atomic E-state index is 14.1. The number of aromatic nitrogens is 1. The number of ether oxygens (including phenoxy) is 3. The zero-order valence-electron chi connectivity index (χ0n) is 24.7. The Bertz CT molecular complexity index is 1920. The van der Waals surface area contributed by atoms with E-state index in [-0.39, 0.29) is 36.3 Å². The number of hydrogen-bond acceptors (Lipinski definition) is 11. The highest BCUT2D eigenvalue weighted by molar-refractivity contribution is 7.61. The van der Waals surface area contributed by atoms with E-state index in [0.717, 1.165) is 0 Å². The monoisotopic (exact) mass is 697 g/mol. The van der Waals surface area contributed by atoms with Crippen LogP contribution in [0.2, 0.25) is 0 Å². The SMILES string of the molecule is COc1cc2cc(C(=O)N3C[C@@H](CCl)c4c3cc(OP(=O)(O)OP(=O)(O)OCCN=NN)c3ccccc43)[nH]c2c(OC)c1OC. The number of phosphoric ester groups is 2. The van der Waals surface area contributed by atoms with E-state index >= 15 is 0 Å². The summed E-state index contributed by atoms with van der Waals surface area (Å²) in [6, 6.07) is 11.5. The number of fused-ring (bicyclic) bond motifs is 4. The number of nitrogens with zero attached hydrogens (tertiary/aromatic N) is 3. The number of phosphoric acid groups is 2. The van der Waals surface area contributed by atoms with Gasteiger partial charge in [0.1, 0.15) is 11.4 Å². The van der Waals surface area contributed by atoms with E-state index in [4.69, 9.17) is 36.2 Å². The molecule has 246 valence electrons. The van der Waals surface area contributed by atoms with Crippen LogP contribution in [0.4, 0.5) is 5.69 Å². The fourth-order valence-corrected chi connectivity index (χ4v) is 7.69. The van der Waals surface area contributed by atoms with Gasteiger partial charge in [-0.05, 0) is 23.1 Å². The number of nitrogens with one attached hydrogen (secondary N) is 1. The Hall–Kier alpha value is -3.88. The van der Waals surface area contributed by atoms with Crippen LogP contribution in [-0.4, -0.2) is 67.6 Å². The van der Waals surface area contributed by atoms with Crippen LogP contribution in [0, 0.1) is 0 Å². The first-order valence-electron chi connectivity index (χ1n) is 13.5. The molecule has 0 aliphatic carbocycles. The number of carbonyl (C=O) groups is 1. The van der Waals surface area contributed by atoms with Gasteiger partial charge in [-0.1, -0.05) is 29.5 Å². The summed E-state index contributed by atoms with van der Waals surface area (Å²) in [4.78, 5) is 39.1. The second-order valence-corrected chi connectivity index (χ2v) is 13.1. The highest BCUT2D eigenvalue weighted by atomic mass is 35.5. The number of anilines is 1. The van der Waals surface area contributed by atoms with Crippen molar-refractivity contribution in [3.05, 3.63) is 53.7 Å². The van der Waals surface area contributed by atoms with Gasteiger partial charge in [-0.15, -0.1) is 11.6 Å². The van der Waals surface area contributed by atoms with E-state index in [1.165, 1.54) is 32.3 Å². The number of nitrogens with two attached hydrogens (primary N) is 1. The molecule has 0 saturated carbocycles. The first-order chi connectivity index (χ1) is 22.0. The number of H-pyrrole nitrogens is 1. The molecule has 1 aliphatic heterocycles. The zero-order chi connectivity index (χ0) is 33.2. The maximum Gasteiger partial charge on any atom is 0.536 e. The minimum Gasteiger partial charge on any atom is -0.493 e. The number of methoxy groups -OCH3 is 3. The highest BCUT2D eigenvalue weighted by Crippen LogP contribution is 2.61. The second kappa shape index (κ2) is 13.5. The van der Waals surface area contributed by atoms with E-state index in [2.05, 4.69) is 24.2 Å². The largest absolute Gasteiger partial charge is 0.536 e. The van der Waals surface area contributed by atoms with Crippen molar-refractivity contribution in [2.24, 2.45) is 16.2 Å². The van der Waals surface area contributed by atoms with Crippen molar-refractivity contribution in [1.82, 2.24) is 4.98 Å². The van der Waals surface area contributed by atoms with Gasteiger partial charge < -0.3 is 39.4 Å². The van der Waals surface area contributed by atoms with Gasteiger partial charge >= 0.3 is 15.6 Å². The first-order valence-corrected chi connectivity index (χ1v) is 17.0. The minimum absolute atomic E-state index is 0.159. The summed E-state index contributed by atoms with van der Waals surface area (Å²) in [6.45, 7) is -0.504. The molecule has 1 amide bonds. The first kappa shape index (κ1) is 33.5. The predicted molar refractivity (Wildman–Crippen MR) is 168 cm³/mol. The average Bonchev–Trinajstić information content (AvgIpc) is 3.62. The van der Waals surface area contributed by atoms with Gasteiger partial charge in [0.2, 0.25) is 5.75 Å². The molecule has 5 rings (SSSR count). The predicted octanol–water partition coefficient (Wildman–Crippen LogP) is 5.27. The van der Waals surface area contributed by atoms with Gasteiger partial charge in [0, 0.05) is 35.2 Å². The van der Waals surface area contributed by atoms with E-state index in [0.29, 0.717) is 50.2 Å². The fourth-order valence-electron chi connectivity index (χ4n) is 5.36. The summed E-state index contributed by atoms with van der Waals surface area (Å²) in [6.07, 6.45) is 0. The Morgan fingerprint density at radius 2 is 1.76 bits per heavy atom. The molecule has 0 radical (unpaired) electrons. The number of aromatic amines is 1. The number of hydrogen-bond donors (Lipinski definition) is 4. The van der Waals surface area contributed by atoms with Gasteiger partial charge in [0.25, 0.3) is 5.91 Å². The quantitative estimate of drug-likeness (QED) is 0.0351. The van der Waals surface area contributed by atoms with E-state index < -0.39 is 28.2 Å². The van der Waals surface area contributed by atoms with Crippen molar-refractivity contribution in [3.63, 3.8) is 0 Å². The van der Waals surface area contributed by atoms with Crippen molar-refractivity contribution in [1.29, 1.82) is 0 Å². The van der Waals surface area contributed by atoms with E-state index in [1.807, 2.05) is 0 Å². The third-order valence-electron chi connectivity index (χ3n) is 7.16. The third kappa shape index (κ3) is 6.51. The smallest absolute Gasteiger partial charge is 0.493 e. The van der Waals surface area contributed by atoms with E-state index in [9.17, 15) is 23.7 Å². The Morgan fingerprint density at radius 1 is 1.04 bits per heavy atom. The van der Waals surface area contributed by atoms with Crippen molar-refractivity contribution in [3.8, 4) is 23.0 Å². The molecule has 2 unspecified atom stereocenters. The van der Waals surface area contributed by atoms with Crippen molar-refractivity contribution in [2.45, 2.75) is 5.92 Å². The number of rotatable bonds is 13. The summed E-state index contributed by atoms with van der Waals surface area (Å²) in [7, 11) is -5.94. The Morgan fingerprint density at radius 3 is 2.41 bits per heavy atom. The molecule has 0 saturated heterocycles. The van der Waals surface area contributed by atoms with Crippen LogP contribution in [0.5, 0.6) is 23.0 Å². The molecule has 1 aliphatic rings. The number of carbonyl (C=O) groups excluding carboxylic acids is 1. The lowest BCUT2D eigenvalue weighted by Gasteiger charge is -2.20. The average molecular weight is 698 g/mol. The van der Waals surface area contributed by atoms with Crippen LogP contribution >= 0.6 is 27.2 Å². The highest BCUT2D eigenvalue weighted by Gasteiger charge is 2.40. The van der Waals surface area contributed by atoms with Gasteiger partial charge in [0.05, 0.1) is 45.7 Å². The zero-order valence-corrected chi connectivity index (χ0v) is 27.3. The molecule has 4 aromatic rings. The summed E-state index contributed by atoms with van der Waals surface area (Å²) < 4.78 is 56.2. The number of alkyl halides is 1. The fraction of sp³-hybridized carbons (Fsp3) is 0.296. The molecular weight excluding hydrogens is 668 g/mol. The van der Waals surface area contributed by atoms with Crippen molar-refractivity contribution < 1.29 is 51.3 Å². The summed E-state index contributed by atoms with van der Waals surface area (Å²) in [5, 5.41) is 7.91. The van der Waals surface area contributed by atoms with Crippen molar-refractivity contribution >= 4 is 60.5 Å². The van der Waals surface area contributed by atoms with Gasteiger partial charge in [0.15, 0.2) is 11.5 Å². The molecule has 2 heterocycles. The molecule has 0 fully saturated rings. The molecule has 0 spiro atoms. The molecular formula is C27H30ClN5O11P2. The van der Waals surface area contributed by atoms with Crippen molar-refractivity contribution in [2.75, 3.05) is 51.8 Å². The lowest BCUT2D eigenvalue weighted by molar-refractivity contribution is 0.0984. The van der Waals surface area contributed by atoms with Gasteiger partial charge in [-0.2, -0.15) is 9.42 Å². The lowest BCUT2D eigenvalue weighted by Crippen LogP contribution is -2.30.